The van der Waals surface area contributed by atoms with E-state index < -0.39 is 15.3 Å². The fourth-order valence-electron chi connectivity index (χ4n) is 2.69. The number of piperazine rings is 1. The van der Waals surface area contributed by atoms with Gasteiger partial charge in [0.2, 0.25) is 10.0 Å². The molecule has 0 aliphatic carbocycles. The number of halogens is 1. The first-order valence-electron chi connectivity index (χ1n) is 6.34. The summed E-state index contributed by atoms with van der Waals surface area (Å²) in [5.74, 6) is 0.174. The van der Waals surface area contributed by atoms with Crippen LogP contribution in [-0.4, -0.2) is 61.0 Å². The topological polar surface area (TPSA) is 40.6 Å². The van der Waals surface area contributed by atoms with Crippen LogP contribution in [0.5, 0.6) is 0 Å². The number of fused-ring (bicyclic) bond motifs is 1. The molecule has 4 nitrogen and oxygen atoms in total. The molecule has 0 saturated carbocycles. The summed E-state index contributed by atoms with van der Waals surface area (Å²) in [5, 5.41) is -0.473. The third kappa shape index (κ3) is 2.78. The highest BCUT2D eigenvalue weighted by atomic mass is 35.5. The van der Waals surface area contributed by atoms with Crippen molar-refractivity contribution in [1.82, 2.24) is 9.21 Å². The van der Waals surface area contributed by atoms with Crippen LogP contribution in [-0.2, 0) is 10.0 Å². The monoisotopic (exact) mass is 280 g/mol. The van der Waals surface area contributed by atoms with Gasteiger partial charge in [0, 0.05) is 31.6 Å². The fraction of sp³-hybridized carbons (Fsp3) is 1.00. The number of rotatable bonds is 3. The molecule has 2 rings (SSSR count). The van der Waals surface area contributed by atoms with Gasteiger partial charge in [-0.2, -0.15) is 4.31 Å². The Morgan fingerprint density at radius 1 is 1.29 bits per heavy atom. The molecule has 2 heterocycles. The van der Waals surface area contributed by atoms with Gasteiger partial charge in [-0.3, -0.25) is 4.90 Å². The molecule has 2 fully saturated rings. The summed E-state index contributed by atoms with van der Waals surface area (Å²) < 4.78 is 26.1. The molecule has 6 heteroatoms. The van der Waals surface area contributed by atoms with Crippen LogP contribution in [0.15, 0.2) is 0 Å². The third-order valence-electron chi connectivity index (χ3n) is 3.89. The standard InChI is InChI=1S/C11H21ClN2O2S/c1-10(8-12)17(15,16)14-7-6-13-5-3-2-4-11(13)9-14/h10-11H,2-9H2,1H3. The summed E-state index contributed by atoms with van der Waals surface area (Å²) in [4.78, 5) is 2.43. The molecule has 0 aromatic carbocycles. The van der Waals surface area contributed by atoms with Crippen molar-refractivity contribution in [3.05, 3.63) is 0 Å². The van der Waals surface area contributed by atoms with E-state index in [-0.39, 0.29) is 5.88 Å². The summed E-state index contributed by atoms with van der Waals surface area (Å²) in [5.41, 5.74) is 0. The molecule has 17 heavy (non-hydrogen) atoms. The Morgan fingerprint density at radius 2 is 2.06 bits per heavy atom. The van der Waals surface area contributed by atoms with Crippen LogP contribution >= 0.6 is 11.6 Å². The van der Waals surface area contributed by atoms with Gasteiger partial charge >= 0.3 is 0 Å². The first-order valence-corrected chi connectivity index (χ1v) is 8.38. The van der Waals surface area contributed by atoms with E-state index in [0.29, 0.717) is 19.1 Å². The minimum absolute atomic E-state index is 0.174. The zero-order valence-electron chi connectivity index (χ0n) is 10.3. The van der Waals surface area contributed by atoms with E-state index in [1.807, 2.05) is 0 Å². The van der Waals surface area contributed by atoms with Gasteiger partial charge in [0.1, 0.15) is 0 Å². The largest absolute Gasteiger partial charge is 0.298 e. The number of alkyl halides is 1. The predicted molar refractivity (Wildman–Crippen MR) is 69.9 cm³/mol. The van der Waals surface area contributed by atoms with E-state index in [1.54, 1.807) is 11.2 Å². The van der Waals surface area contributed by atoms with Gasteiger partial charge in [0.25, 0.3) is 0 Å². The van der Waals surface area contributed by atoms with E-state index in [1.165, 1.54) is 12.8 Å². The van der Waals surface area contributed by atoms with Gasteiger partial charge in [-0.15, -0.1) is 11.6 Å². The number of piperidine rings is 1. The van der Waals surface area contributed by atoms with Gasteiger partial charge in [0.05, 0.1) is 5.25 Å². The van der Waals surface area contributed by atoms with E-state index in [9.17, 15) is 8.42 Å². The van der Waals surface area contributed by atoms with Crippen LogP contribution in [0.3, 0.4) is 0 Å². The molecule has 0 amide bonds. The van der Waals surface area contributed by atoms with Gasteiger partial charge in [-0.25, -0.2) is 8.42 Å². The van der Waals surface area contributed by atoms with Gasteiger partial charge < -0.3 is 0 Å². The molecule has 0 spiro atoms. The predicted octanol–water partition coefficient (Wildman–Crippen LogP) is 1.11. The Hall–Kier alpha value is 0.160. The highest BCUT2D eigenvalue weighted by molar-refractivity contribution is 7.89. The smallest absolute Gasteiger partial charge is 0.217 e. The van der Waals surface area contributed by atoms with Crippen molar-refractivity contribution in [3.63, 3.8) is 0 Å². The normalized spacial score (nSPS) is 29.9. The lowest BCUT2D eigenvalue weighted by Crippen LogP contribution is -2.57. The summed E-state index contributed by atoms with van der Waals surface area (Å²) in [6.07, 6.45) is 3.60. The second-order valence-electron chi connectivity index (χ2n) is 5.05. The zero-order chi connectivity index (χ0) is 12.5. The molecule has 2 aliphatic rings. The Kier molecular flexibility index (Phi) is 4.34. The second kappa shape index (κ2) is 5.43. The van der Waals surface area contributed by atoms with Crippen molar-refractivity contribution in [2.45, 2.75) is 37.5 Å². The average molecular weight is 281 g/mol. The number of nitrogens with zero attached hydrogens (tertiary/aromatic N) is 2. The molecule has 2 saturated heterocycles. The maximum absolute atomic E-state index is 12.2. The Labute approximate surface area is 109 Å². The lowest BCUT2D eigenvalue weighted by atomic mass is 10.0. The first-order chi connectivity index (χ1) is 8.05. The molecule has 2 unspecified atom stereocenters. The van der Waals surface area contributed by atoms with Crippen LogP contribution in [0.25, 0.3) is 0 Å². The summed E-state index contributed by atoms with van der Waals surface area (Å²) in [6, 6.07) is 0.426. The first kappa shape index (κ1) is 13.6. The fourth-order valence-corrected chi connectivity index (χ4v) is 4.55. The van der Waals surface area contributed by atoms with Gasteiger partial charge in [0.15, 0.2) is 0 Å². The molecule has 0 bridgehead atoms. The zero-order valence-corrected chi connectivity index (χ0v) is 11.9. The SMILES string of the molecule is CC(CCl)S(=O)(=O)N1CCN2CCCCC2C1. The van der Waals surface area contributed by atoms with E-state index >= 15 is 0 Å². The summed E-state index contributed by atoms with van der Waals surface area (Å²) in [6.45, 7) is 4.97. The molecule has 0 N–H and O–H groups in total. The minimum Gasteiger partial charge on any atom is -0.298 e. The van der Waals surface area contributed by atoms with Crippen LogP contribution in [0.1, 0.15) is 26.2 Å². The van der Waals surface area contributed by atoms with Crippen molar-refractivity contribution >= 4 is 21.6 Å². The molecular weight excluding hydrogens is 260 g/mol. The molecule has 2 aliphatic heterocycles. The van der Waals surface area contributed by atoms with Crippen LogP contribution in [0.2, 0.25) is 0 Å². The van der Waals surface area contributed by atoms with E-state index in [0.717, 1.165) is 19.5 Å². The summed E-state index contributed by atoms with van der Waals surface area (Å²) in [7, 11) is -3.19. The third-order valence-corrected chi connectivity index (χ3v) is 6.77. The highest BCUT2D eigenvalue weighted by Gasteiger charge is 2.36. The Balaban J connectivity index is 2.04. The number of hydrogen-bond acceptors (Lipinski definition) is 3. The van der Waals surface area contributed by atoms with Gasteiger partial charge in [-0.05, 0) is 26.3 Å². The van der Waals surface area contributed by atoms with Crippen molar-refractivity contribution in [2.75, 3.05) is 32.1 Å². The summed E-state index contributed by atoms with van der Waals surface area (Å²) >= 11 is 5.68. The molecule has 100 valence electrons. The van der Waals surface area contributed by atoms with Crippen molar-refractivity contribution in [2.24, 2.45) is 0 Å². The van der Waals surface area contributed by atoms with Crippen LogP contribution in [0, 0.1) is 0 Å². The van der Waals surface area contributed by atoms with E-state index in [4.69, 9.17) is 11.6 Å². The lowest BCUT2D eigenvalue weighted by molar-refractivity contribution is 0.0849. The van der Waals surface area contributed by atoms with Crippen LogP contribution < -0.4 is 0 Å². The second-order valence-corrected chi connectivity index (χ2v) is 7.71. The maximum atomic E-state index is 12.2. The molecule has 0 aromatic rings. The van der Waals surface area contributed by atoms with Crippen molar-refractivity contribution < 1.29 is 8.42 Å². The number of sulfonamides is 1. The minimum atomic E-state index is -3.19. The van der Waals surface area contributed by atoms with Gasteiger partial charge in [-0.1, -0.05) is 6.42 Å². The Morgan fingerprint density at radius 3 is 2.76 bits per heavy atom. The molecule has 0 radical (unpaired) electrons. The van der Waals surface area contributed by atoms with Crippen molar-refractivity contribution in [1.29, 1.82) is 0 Å². The Bertz CT molecular complexity index is 360. The van der Waals surface area contributed by atoms with Crippen LogP contribution in [0.4, 0.5) is 0 Å². The quantitative estimate of drug-likeness (QED) is 0.728. The molecule has 0 aromatic heterocycles. The molecular formula is C11H21ClN2O2S. The maximum Gasteiger partial charge on any atom is 0.217 e. The number of hydrogen-bond donors (Lipinski definition) is 0. The van der Waals surface area contributed by atoms with E-state index in [2.05, 4.69) is 4.90 Å². The molecule has 2 atom stereocenters. The lowest BCUT2D eigenvalue weighted by Gasteiger charge is -2.43. The average Bonchev–Trinajstić information content (AvgIpc) is 2.37. The highest BCUT2D eigenvalue weighted by Crippen LogP contribution is 2.23. The van der Waals surface area contributed by atoms with Crippen molar-refractivity contribution in [3.8, 4) is 0 Å².